The molecule has 0 amide bonds. The van der Waals surface area contributed by atoms with Crippen molar-refractivity contribution in [3.05, 3.63) is 0 Å². The van der Waals surface area contributed by atoms with Gasteiger partial charge in [-0.2, -0.15) is 11.8 Å². The zero-order valence-corrected chi connectivity index (χ0v) is 8.77. The first kappa shape index (κ1) is 10.9. The van der Waals surface area contributed by atoms with Crippen LogP contribution in [0.2, 0.25) is 0 Å². The van der Waals surface area contributed by atoms with Gasteiger partial charge in [-0.3, -0.25) is 4.79 Å². The molecular weight excluding hydrogens is 186 g/mol. The molecule has 2 atom stereocenters. The van der Waals surface area contributed by atoms with E-state index in [-0.39, 0.29) is 6.04 Å². The van der Waals surface area contributed by atoms with Gasteiger partial charge in [0.2, 0.25) is 0 Å². The van der Waals surface area contributed by atoms with E-state index in [0.717, 1.165) is 18.6 Å². The molecular formula is C9H17NO2S. The van der Waals surface area contributed by atoms with Crippen LogP contribution in [0.4, 0.5) is 0 Å². The van der Waals surface area contributed by atoms with Crippen LogP contribution in [0.25, 0.3) is 0 Å². The average Bonchev–Trinajstić information content (AvgIpc) is 2.09. The third-order valence-corrected chi connectivity index (χ3v) is 4.01. The Morgan fingerprint density at radius 1 is 1.77 bits per heavy atom. The van der Waals surface area contributed by atoms with Crippen molar-refractivity contribution in [2.24, 2.45) is 11.1 Å². The highest BCUT2D eigenvalue weighted by Crippen LogP contribution is 2.37. The van der Waals surface area contributed by atoms with Gasteiger partial charge in [-0.15, -0.1) is 0 Å². The normalized spacial score (nSPS) is 34.5. The lowest BCUT2D eigenvalue weighted by atomic mass is 9.77. The molecule has 0 radical (unpaired) electrons. The summed E-state index contributed by atoms with van der Waals surface area (Å²) in [6, 6.07) is -0.161. The van der Waals surface area contributed by atoms with Gasteiger partial charge in [0.15, 0.2) is 0 Å². The lowest BCUT2D eigenvalue weighted by Crippen LogP contribution is -2.51. The number of thioether (sulfide) groups is 1. The number of carboxylic acid groups (broad SMARTS) is 1. The molecule has 0 aromatic rings. The van der Waals surface area contributed by atoms with Crippen LogP contribution in [0, 0.1) is 5.41 Å². The maximum absolute atomic E-state index is 11.2. The van der Waals surface area contributed by atoms with Crippen molar-refractivity contribution in [3.8, 4) is 0 Å². The van der Waals surface area contributed by atoms with Gasteiger partial charge in [0.1, 0.15) is 0 Å². The number of hydrogen-bond donors (Lipinski definition) is 2. The minimum absolute atomic E-state index is 0.161. The summed E-state index contributed by atoms with van der Waals surface area (Å²) in [6.07, 6.45) is 2.42. The molecule has 0 aromatic carbocycles. The summed E-state index contributed by atoms with van der Waals surface area (Å²) < 4.78 is 0. The van der Waals surface area contributed by atoms with E-state index in [0.29, 0.717) is 12.2 Å². The molecule has 3 nitrogen and oxygen atoms in total. The Bertz CT molecular complexity index is 194. The molecule has 2 unspecified atom stereocenters. The second-order valence-corrected chi connectivity index (χ2v) is 4.76. The Balaban J connectivity index is 2.79. The largest absolute Gasteiger partial charge is 0.481 e. The van der Waals surface area contributed by atoms with Crippen molar-refractivity contribution >= 4 is 17.7 Å². The summed E-state index contributed by atoms with van der Waals surface area (Å²) in [6.45, 7) is 2.01. The van der Waals surface area contributed by atoms with Crippen molar-refractivity contribution in [1.29, 1.82) is 0 Å². The Labute approximate surface area is 83.1 Å². The molecule has 0 aromatic heterocycles. The van der Waals surface area contributed by atoms with Gasteiger partial charge in [0, 0.05) is 11.8 Å². The van der Waals surface area contributed by atoms with Crippen molar-refractivity contribution in [3.63, 3.8) is 0 Å². The molecule has 4 heteroatoms. The van der Waals surface area contributed by atoms with Gasteiger partial charge in [0.25, 0.3) is 0 Å². The molecule has 3 N–H and O–H groups in total. The molecule has 1 saturated heterocycles. The Morgan fingerprint density at radius 2 is 2.46 bits per heavy atom. The predicted molar refractivity (Wildman–Crippen MR) is 54.9 cm³/mol. The molecule has 1 aliphatic rings. The van der Waals surface area contributed by atoms with E-state index in [2.05, 4.69) is 0 Å². The summed E-state index contributed by atoms with van der Waals surface area (Å²) in [7, 11) is 0. The lowest BCUT2D eigenvalue weighted by molar-refractivity contribution is -0.149. The van der Waals surface area contributed by atoms with E-state index in [1.807, 2.05) is 6.92 Å². The summed E-state index contributed by atoms with van der Waals surface area (Å²) >= 11 is 1.71. The minimum Gasteiger partial charge on any atom is -0.481 e. The van der Waals surface area contributed by atoms with E-state index in [4.69, 9.17) is 5.73 Å². The number of carbonyl (C=O) groups is 1. The molecule has 0 saturated carbocycles. The second-order valence-electron chi connectivity index (χ2n) is 3.66. The molecule has 1 fully saturated rings. The zero-order valence-electron chi connectivity index (χ0n) is 7.95. The highest BCUT2D eigenvalue weighted by molar-refractivity contribution is 7.99. The number of aliphatic carboxylic acids is 1. The zero-order chi connectivity index (χ0) is 9.90. The van der Waals surface area contributed by atoms with Gasteiger partial charge in [0.05, 0.1) is 5.41 Å². The maximum Gasteiger partial charge on any atom is 0.312 e. The first-order valence-corrected chi connectivity index (χ1v) is 5.85. The van der Waals surface area contributed by atoms with Crippen molar-refractivity contribution in [2.75, 3.05) is 11.5 Å². The Hall–Kier alpha value is -0.220. The molecule has 0 bridgehead atoms. The van der Waals surface area contributed by atoms with Crippen LogP contribution >= 0.6 is 11.8 Å². The predicted octanol–water partition coefficient (Wildman–Crippen LogP) is 1.32. The van der Waals surface area contributed by atoms with Gasteiger partial charge >= 0.3 is 5.97 Å². The molecule has 1 rings (SSSR count). The average molecular weight is 203 g/mol. The molecule has 0 spiro atoms. The van der Waals surface area contributed by atoms with Crippen LogP contribution in [-0.2, 0) is 4.79 Å². The SMILES string of the molecule is CCCC1(C(=O)O)CSCCC1N. The van der Waals surface area contributed by atoms with Crippen LogP contribution in [0.5, 0.6) is 0 Å². The topological polar surface area (TPSA) is 63.3 Å². The maximum atomic E-state index is 11.2. The number of nitrogens with two attached hydrogens (primary N) is 1. The quantitative estimate of drug-likeness (QED) is 0.726. The highest BCUT2D eigenvalue weighted by atomic mass is 32.2. The number of rotatable bonds is 3. The third-order valence-electron chi connectivity index (χ3n) is 2.76. The van der Waals surface area contributed by atoms with Gasteiger partial charge in [-0.1, -0.05) is 13.3 Å². The van der Waals surface area contributed by atoms with E-state index >= 15 is 0 Å². The van der Waals surface area contributed by atoms with Crippen LogP contribution in [0.15, 0.2) is 0 Å². The molecule has 1 heterocycles. The fraction of sp³-hybridized carbons (Fsp3) is 0.889. The lowest BCUT2D eigenvalue weighted by Gasteiger charge is -2.38. The summed E-state index contributed by atoms with van der Waals surface area (Å²) in [5.74, 6) is 0.964. The van der Waals surface area contributed by atoms with E-state index in [9.17, 15) is 9.90 Å². The summed E-state index contributed by atoms with van der Waals surface area (Å²) in [4.78, 5) is 11.2. The van der Waals surface area contributed by atoms with E-state index < -0.39 is 11.4 Å². The smallest absolute Gasteiger partial charge is 0.312 e. The van der Waals surface area contributed by atoms with E-state index in [1.165, 1.54) is 0 Å². The standard InChI is InChI=1S/C9H17NO2S/c1-2-4-9(8(11)12)6-13-5-3-7(9)10/h7H,2-6,10H2,1H3,(H,11,12). The van der Waals surface area contributed by atoms with Crippen LogP contribution in [0.1, 0.15) is 26.2 Å². The first-order valence-electron chi connectivity index (χ1n) is 4.70. The fourth-order valence-corrected chi connectivity index (χ4v) is 3.29. The Morgan fingerprint density at radius 3 is 2.92 bits per heavy atom. The van der Waals surface area contributed by atoms with E-state index in [1.54, 1.807) is 11.8 Å². The monoisotopic (exact) mass is 203 g/mol. The first-order chi connectivity index (χ1) is 6.13. The molecule has 1 aliphatic heterocycles. The van der Waals surface area contributed by atoms with Gasteiger partial charge in [-0.05, 0) is 18.6 Å². The second kappa shape index (κ2) is 4.33. The number of carboxylic acids is 1. The van der Waals surface area contributed by atoms with Crippen molar-refractivity contribution in [2.45, 2.75) is 32.2 Å². The fourth-order valence-electron chi connectivity index (χ4n) is 1.88. The van der Waals surface area contributed by atoms with Crippen LogP contribution in [0.3, 0.4) is 0 Å². The molecule has 13 heavy (non-hydrogen) atoms. The number of hydrogen-bond acceptors (Lipinski definition) is 3. The molecule has 76 valence electrons. The molecule has 0 aliphatic carbocycles. The summed E-state index contributed by atoms with van der Waals surface area (Å²) in [5, 5.41) is 9.20. The summed E-state index contributed by atoms with van der Waals surface area (Å²) in [5.41, 5.74) is 5.25. The van der Waals surface area contributed by atoms with Crippen LogP contribution < -0.4 is 5.73 Å². The van der Waals surface area contributed by atoms with Crippen molar-refractivity contribution < 1.29 is 9.90 Å². The highest BCUT2D eigenvalue weighted by Gasteiger charge is 2.45. The Kier molecular flexibility index (Phi) is 3.62. The van der Waals surface area contributed by atoms with Gasteiger partial charge in [-0.25, -0.2) is 0 Å². The third kappa shape index (κ3) is 1.99. The van der Waals surface area contributed by atoms with Gasteiger partial charge < -0.3 is 10.8 Å². The minimum atomic E-state index is -0.714. The van der Waals surface area contributed by atoms with Crippen LogP contribution in [-0.4, -0.2) is 28.6 Å². The van der Waals surface area contributed by atoms with Crippen molar-refractivity contribution in [1.82, 2.24) is 0 Å².